The van der Waals surface area contributed by atoms with E-state index in [1.165, 1.54) is 7.11 Å². The molecular weight excluding hydrogens is 634 g/mol. The molecule has 0 aromatic heterocycles. The summed E-state index contributed by atoms with van der Waals surface area (Å²) in [6.45, 7) is -0.0229. The number of rotatable bonds is 8. The van der Waals surface area contributed by atoms with Gasteiger partial charge in [-0.1, -0.05) is 51.8 Å². The first-order chi connectivity index (χ1) is 17.2. The molecule has 1 aliphatic heterocycles. The molecule has 4 rings (SSSR count). The van der Waals surface area contributed by atoms with E-state index < -0.39 is 11.1 Å². The van der Waals surface area contributed by atoms with Gasteiger partial charge in [-0.2, -0.15) is 0 Å². The Morgan fingerprint density at radius 3 is 2.42 bits per heavy atom. The number of nitrogens with zero attached hydrogens (tertiary/aromatic N) is 1. The van der Waals surface area contributed by atoms with Crippen molar-refractivity contribution in [2.45, 2.75) is 6.61 Å². The van der Waals surface area contributed by atoms with E-state index in [1.807, 2.05) is 12.1 Å². The molecular formula is C26H18Br2ClNO5S. The first-order valence-corrected chi connectivity index (χ1v) is 13.3. The minimum atomic E-state index is -0.520. The number of ketones is 1. The fraction of sp³-hybridized carbons (Fsp3) is 0.115. The Bertz CT molecular complexity index is 1360. The number of halogens is 3. The molecule has 0 unspecified atom stereocenters. The third-order valence-electron chi connectivity index (χ3n) is 5.19. The summed E-state index contributed by atoms with van der Waals surface area (Å²) in [7, 11) is 1.52. The van der Waals surface area contributed by atoms with Gasteiger partial charge in [0.25, 0.3) is 11.1 Å². The van der Waals surface area contributed by atoms with Gasteiger partial charge in [0, 0.05) is 15.1 Å². The van der Waals surface area contributed by atoms with Crippen LogP contribution < -0.4 is 9.47 Å². The lowest BCUT2D eigenvalue weighted by Crippen LogP contribution is -2.33. The maximum atomic E-state index is 12.9. The van der Waals surface area contributed by atoms with Gasteiger partial charge < -0.3 is 9.47 Å². The summed E-state index contributed by atoms with van der Waals surface area (Å²) >= 11 is 13.5. The molecule has 0 bridgehead atoms. The van der Waals surface area contributed by atoms with Crippen LogP contribution in [0.15, 0.2) is 74.5 Å². The van der Waals surface area contributed by atoms with Crippen LogP contribution in [0.3, 0.4) is 0 Å². The van der Waals surface area contributed by atoms with E-state index in [2.05, 4.69) is 31.9 Å². The molecule has 36 heavy (non-hydrogen) atoms. The molecule has 184 valence electrons. The molecule has 2 amide bonds. The summed E-state index contributed by atoms with van der Waals surface area (Å²) in [5.74, 6) is 0.110. The predicted molar refractivity (Wildman–Crippen MR) is 148 cm³/mol. The van der Waals surface area contributed by atoms with Crippen LogP contribution in [-0.4, -0.2) is 35.5 Å². The quantitative estimate of drug-likeness (QED) is 0.187. The van der Waals surface area contributed by atoms with Crippen LogP contribution in [0.25, 0.3) is 6.08 Å². The van der Waals surface area contributed by atoms with Gasteiger partial charge in [-0.15, -0.1) is 0 Å². The number of benzene rings is 3. The molecule has 0 aliphatic carbocycles. The second-order valence-electron chi connectivity index (χ2n) is 7.65. The summed E-state index contributed by atoms with van der Waals surface area (Å²) < 4.78 is 12.9. The van der Waals surface area contributed by atoms with Gasteiger partial charge in [0.15, 0.2) is 17.3 Å². The normalized spacial score (nSPS) is 14.4. The van der Waals surface area contributed by atoms with Crippen molar-refractivity contribution in [1.29, 1.82) is 0 Å². The van der Waals surface area contributed by atoms with Crippen LogP contribution in [0.4, 0.5) is 4.79 Å². The van der Waals surface area contributed by atoms with Crippen molar-refractivity contribution < 1.29 is 23.9 Å². The summed E-state index contributed by atoms with van der Waals surface area (Å²) in [6, 6.07) is 17.5. The van der Waals surface area contributed by atoms with E-state index >= 15 is 0 Å². The number of ether oxygens (including phenoxy) is 2. The Morgan fingerprint density at radius 2 is 1.75 bits per heavy atom. The number of amides is 2. The lowest BCUT2D eigenvalue weighted by molar-refractivity contribution is -0.122. The molecule has 3 aromatic rings. The highest BCUT2D eigenvalue weighted by Gasteiger charge is 2.36. The molecule has 0 saturated carbocycles. The van der Waals surface area contributed by atoms with Crippen LogP contribution in [-0.2, 0) is 11.4 Å². The molecule has 1 heterocycles. The highest BCUT2D eigenvalue weighted by atomic mass is 79.9. The smallest absolute Gasteiger partial charge is 0.293 e. The van der Waals surface area contributed by atoms with Gasteiger partial charge in [0.05, 0.1) is 23.0 Å². The molecule has 0 atom stereocenters. The SMILES string of the molecule is COc1cc(/C=C2/SC(=O)N(CC(=O)c3ccc(Br)cc3)C2=O)cc(Br)c1OCc1ccc(Cl)cc1. The van der Waals surface area contributed by atoms with E-state index in [4.69, 9.17) is 21.1 Å². The molecule has 0 N–H and O–H groups in total. The summed E-state index contributed by atoms with van der Waals surface area (Å²) in [6.07, 6.45) is 1.59. The highest BCUT2D eigenvalue weighted by Crippen LogP contribution is 2.39. The molecule has 0 radical (unpaired) electrons. The van der Waals surface area contributed by atoms with E-state index in [0.29, 0.717) is 38.7 Å². The fourth-order valence-corrected chi connectivity index (χ4v) is 5.16. The summed E-state index contributed by atoms with van der Waals surface area (Å²) in [5, 5.41) is 0.148. The van der Waals surface area contributed by atoms with E-state index in [1.54, 1.807) is 54.6 Å². The van der Waals surface area contributed by atoms with Crippen LogP contribution in [0.2, 0.25) is 5.02 Å². The number of thioether (sulfide) groups is 1. The lowest BCUT2D eigenvalue weighted by Gasteiger charge is -2.14. The van der Waals surface area contributed by atoms with Crippen molar-refractivity contribution >= 4 is 78.2 Å². The average Bonchev–Trinajstić information content (AvgIpc) is 3.11. The second kappa shape index (κ2) is 11.6. The van der Waals surface area contributed by atoms with Crippen LogP contribution in [0.1, 0.15) is 21.5 Å². The second-order valence-corrected chi connectivity index (χ2v) is 10.8. The largest absolute Gasteiger partial charge is 0.493 e. The minimum Gasteiger partial charge on any atom is -0.493 e. The van der Waals surface area contributed by atoms with Gasteiger partial charge >= 0.3 is 0 Å². The van der Waals surface area contributed by atoms with E-state index in [-0.39, 0.29) is 17.2 Å². The van der Waals surface area contributed by atoms with Crippen LogP contribution in [0.5, 0.6) is 11.5 Å². The van der Waals surface area contributed by atoms with Crippen molar-refractivity contribution in [3.8, 4) is 11.5 Å². The molecule has 0 spiro atoms. The Kier molecular flexibility index (Phi) is 8.56. The third-order valence-corrected chi connectivity index (χ3v) is 7.46. The molecule has 3 aromatic carbocycles. The van der Waals surface area contributed by atoms with E-state index in [0.717, 1.165) is 26.7 Å². The Balaban J connectivity index is 1.50. The topological polar surface area (TPSA) is 72.9 Å². The highest BCUT2D eigenvalue weighted by molar-refractivity contribution is 9.10. The predicted octanol–water partition coefficient (Wildman–Crippen LogP) is 7.37. The minimum absolute atomic E-state index is 0.215. The van der Waals surface area contributed by atoms with Crippen LogP contribution in [0, 0.1) is 0 Å². The van der Waals surface area contributed by atoms with Crippen molar-refractivity contribution in [3.05, 3.63) is 96.2 Å². The fourth-order valence-electron chi connectivity index (χ4n) is 3.36. The molecule has 10 heteroatoms. The average molecular weight is 652 g/mol. The monoisotopic (exact) mass is 649 g/mol. The summed E-state index contributed by atoms with van der Waals surface area (Å²) in [4.78, 5) is 39.2. The number of Topliss-reactive ketones (excluding diaryl/α,β-unsaturated/α-hetero) is 1. The summed E-state index contributed by atoms with van der Waals surface area (Å²) in [5.41, 5.74) is 1.98. The van der Waals surface area contributed by atoms with Gasteiger partial charge in [-0.25, -0.2) is 0 Å². The standard InChI is InChI=1S/C26H18Br2ClNO5S/c1-34-22-11-16(10-20(28)24(22)35-14-15-2-8-19(29)9-3-15)12-23-25(32)30(26(33)36-23)13-21(31)17-4-6-18(27)7-5-17/h2-12H,13-14H2,1H3/b23-12+. The number of carbonyl (C=O) groups is 3. The number of hydrogen-bond acceptors (Lipinski definition) is 6. The van der Waals surface area contributed by atoms with Gasteiger partial charge in [-0.05, 0) is 81.3 Å². The Labute approximate surface area is 233 Å². The van der Waals surface area contributed by atoms with Crippen molar-refractivity contribution in [3.63, 3.8) is 0 Å². The van der Waals surface area contributed by atoms with Gasteiger partial charge in [-0.3, -0.25) is 19.3 Å². The zero-order valence-electron chi connectivity index (χ0n) is 18.8. The first-order valence-electron chi connectivity index (χ1n) is 10.5. The van der Waals surface area contributed by atoms with Crippen molar-refractivity contribution in [2.75, 3.05) is 13.7 Å². The molecule has 1 saturated heterocycles. The Hall–Kier alpha value is -2.59. The van der Waals surface area contributed by atoms with Crippen molar-refractivity contribution in [2.24, 2.45) is 0 Å². The van der Waals surface area contributed by atoms with Crippen molar-refractivity contribution in [1.82, 2.24) is 4.90 Å². The van der Waals surface area contributed by atoms with Gasteiger partial charge in [0.2, 0.25) is 0 Å². The van der Waals surface area contributed by atoms with Gasteiger partial charge in [0.1, 0.15) is 6.61 Å². The zero-order chi connectivity index (χ0) is 25.8. The first kappa shape index (κ1) is 26.5. The maximum Gasteiger partial charge on any atom is 0.293 e. The lowest BCUT2D eigenvalue weighted by atomic mass is 10.1. The number of carbonyl (C=O) groups excluding carboxylic acids is 3. The third kappa shape index (κ3) is 6.21. The van der Waals surface area contributed by atoms with E-state index in [9.17, 15) is 14.4 Å². The molecule has 6 nitrogen and oxygen atoms in total. The molecule has 1 fully saturated rings. The zero-order valence-corrected chi connectivity index (χ0v) is 23.5. The number of hydrogen-bond donors (Lipinski definition) is 0. The maximum absolute atomic E-state index is 12.9. The number of methoxy groups -OCH3 is 1. The number of imide groups is 1. The van der Waals surface area contributed by atoms with Crippen LogP contribution >= 0.6 is 55.2 Å². The molecule has 1 aliphatic rings. The Morgan fingerprint density at radius 1 is 1.06 bits per heavy atom.